The van der Waals surface area contributed by atoms with Crippen molar-refractivity contribution in [1.29, 1.82) is 0 Å². The third-order valence-corrected chi connectivity index (χ3v) is 4.90. The number of ether oxygens (including phenoxy) is 1. The minimum atomic E-state index is -5.25. The van der Waals surface area contributed by atoms with Crippen LogP contribution in [0.15, 0.2) is 0 Å². The summed E-state index contributed by atoms with van der Waals surface area (Å²) in [6.45, 7) is -1.36. The third kappa shape index (κ3) is 9.50. The normalized spacial score (nSPS) is 30.4. The molecule has 0 aromatic carbocycles. The van der Waals surface area contributed by atoms with Crippen molar-refractivity contribution in [3.8, 4) is 0 Å². The van der Waals surface area contributed by atoms with Crippen molar-refractivity contribution in [1.82, 2.24) is 0 Å². The zero-order chi connectivity index (χ0) is 21.0. The Morgan fingerprint density at radius 1 is 0.815 bits per heavy atom. The fourth-order valence-corrected chi connectivity index (χ4v) is 3.92. The fraction of sp³-hybridized carbons (Fsp3) is 1.00. The van der Waals surface area contributed by atoms with Crippen molar-refractivity contribution in [3.63, 3.8) is 0 Å². The molecule has 1 heterocycles. The van der Waals surface area contributed by atoms with E-state index in [1.165, 1.54) is 0 Å². The van der Waals surface area contributed by atoms with Gasteiger partial charge < -0.3 is 44.3 Å². The topological polar surface area (TPSA) is 250 Å². The maximum Gasteiger partial charge on any atom is 0.470 e. The molecule has 5 atom stereocenters. The molecule has 27 heavy (non-hydrogen) atoms. The van der Waals surface area contributed by atoms with E-state index in [0.717, 1.165) is 0 Å². The van der Waals surface area contributed by atoms with Crippen molar-refractivity contribution in [3.05, 3.63) is 0 Å². The highest BCUT2D eigenvalue weighted by atomic mass is 31.2. The Hall–Kier alpha value is 0.210. The van der Waals surface area contributed by atoms with Crippen molar-refractivity contribution in [2.75, 3.05) is 13.2 Å². The van der Waals surface area contributed by atoms with Crippen LogP contribution in [-0.4, -0.2) is 83.3 Å². The van der Waals surface area contributed by atoms with Gasteiger partial charge >= 0.3 is 23.5 Å². The highest BCUT2D eigenvalue weighted by Crippen LogP contribution is 2.47. The van der Waals surface area contributed by atoms with Gasteiger partial charge in [-0.3, -0.25) is 13.6 Å². The number of aliphatic hydroxyl groups is 2. The Bertz CT molecular complexity index is 608. The molecule has 0 saturated carbocycles. The summed E-state index contributed by atoms with van der Waals surface area (Å²) in [6.07, 6.45) is -8.86. The lowest BCUT2D eigenvalue weighted by molar-refractivity contribution is -0.223. The first-order chi connectivity index (χ1) is 12.1. The predicted octanol–water partition coefficient (Wildman–Crippen LogP) is -2.05. The second-order valence-electron chi connectivity index (χ2n) is 5.47. The maximum absolute atomic E-state index is 11.1. The monoisotopic (exact) mass is 462 g/mol. The van der Waals surface area contributed by atoms with Crippen LogP contribution >= 0.6 is 23.5 Å². The van der Waals surface area contributed by atoms with Gasteiger partial charge in [0.15, 0.2) is 0 Å². The summed E-state index contributed by atoms with van der Waals surface area (Å²) >= 11 is 0. The van der Waals surface area contributed by atoms with E-state index in [2.05, 4.69) is 13.6 Å². The van der Waals surface area contributed by atoms with Gasteiger partial charge in [-0.2, -0.15) is 0 Å². The molecule has 1 aliphatic rings. The Labute approximate surface area is 152 Å². The van der Waals surface area contributed by atoms with Gasteiger partial charge in [0, 0.05) is 0 Å². The van der Waals surface area contributed by atoms with Crippen molar-refractivity contribution >= 4 is 23.5 Å². The first-order valence-electron chi connectivity index (χ1n) is 7.25. The van der Waals surface area contributed by atoms with E-state index in [-0.39, 0.29) is 12.8 Å². The van der Waals surface area contributed by atoms with E-state index in [1.807, 2.05) is 0 Å². The summed E-state index contributed by atoms with van der Waals surface area (Å²) < 4.78 is 51.0. The summed E-state index contributed by atoms with van der Waals surface area (Å²) in [5.74, 6) is 0. The summed E-state index contributed by atoms with van der Waals surface area (Å²) in [6, 6.07) is 0. The Kier molecular flexibility index (Phi) is 9.17. The summed E-state index contributed by atoms with van der Waals surface area (Å²) in [4.78, 5) is 53.0. The maximum atomic E-state index is 11.1. The summed E-state index contributed by atoms with van der Waals surface area (Å²) in [5.41, 5.74) is 0. The zero-order valence-corrected chi connectivity index (χ0v) is 16.2. The van der Waals surface area contributed by atoms with Crippen molar-refractivity contribution in [2.45, 2.75) is 43.4 Å². The Balaban J connectivity index is 2.93. The van der Waals surface area contributed by atoms with E-state index in [9.17, 15) is 23.9 Å². The smallest absolute Gasteiger partial charge is 0.394 e. The largest absolute Gasteiger partial charge is 0.470 e. The highest BCUT2D eigenvalue weighted by molar-refractivity contribution is 7.46. The molecule has 15 nitrogen and oxygen atoms in total. The van der Waals surface area contributed by atoms with Crippen LogP contribution in [0.3, 0.4) is 0 Å². The molecule has 0 radical (unpaired) electrons. The highest BCUT2D eigenvalue weighted by Gasteiger charge is 2.50. The van der Waals surface area contributed by atoms with E-state index in [0.29, 0.717) is 0 Å². The number of hydrogen-bond donors (Lipinski definition) is 8. The zero-order valence-electron chi connectivity index (χ0n) is 13.5. The molecule has 8 N–H and O–H groups in total. The standard InChI is InChI=1S/C9H21O15P3/c10-4-6-8(23-26(15,16)17)9(24-27(18,19)20)7(11)5(22-6)2-1-3-21-25(12,13)14/h5-11H,1-4H2,(H2,12,13,14)(H2,15,16,17)(H2,18,19,20)/t5-,6+,7-,8+,9+/m0/s1. The van der Waals surface area contributed by atoms with Gasteiger partial charge in [0.1, 0.15) is 24.4 Å². The van der Waals surface area contributed by atoms with Gasteiger partial charge in [0.05, 0.1) is 19.3 Å². The molecule has 1 saturated heterocycles. The van der Waals surface area contributed by atoms with Crippen LogP contribution in [0.2, 0.25) is 0 Å². The summed E-state index contributed by atoms with van der Waals surface area (Å²) in [7, 11) is -15.2. The Morgan fingerprint density at radius 3 is 1.78 bits per heavy atom. The number of aliphatic hydroxyl groups excluding tert-OH is 2. The lowest BCUT2D eigenvalue weighted by Gasteiger charge is -2.43. The minimum Gasteiger partial charge on any atom is -0.394 e. The average Bonchev–Trinajstić information content (AvgIpc) is 2.45. The van der Waals surface area contributed by atoms with E-state index >= 15 is 0 Å². The van der Waals surface area contributed by atoms with Crippen molar-refractivity contribution < 1.29 is 71.6 Å². The molecule has 0 bridgehead atoms. The molecule has 1 rings (SSSR count). The van der Waals surface area contributed by atoms with Crippen LogP contribution < -0.4 is 0 Å². The fourth-order valence-electron chi connectivity index (χ4n) is 2.42. The molecule has 0 aromatic rings. The first-order valence-corrected chi connectivity index (χ1v) is 11.8. The van der Waals surface area contributed by atoms with Crippen LogP contribution in [0.25, 0.3) is 0 Å². The number of rotatable bonds is 10. The minimum absolute atomic E-state index is 0.0857. The quantitative estimate of drug-likeness (QED) is 0.128. The molecule has 1 fully saturated rings. The molecule has 0 unspecified atom stereocenters. The lowest BCUT2D eigenvalue weighted by Crippen LogP contribution is -2.59. The number of phosphoric acid groups is 3. The SMILES string of the molecule is O=P(O)(O)OCCC[C@@H]1O[C@H](CO)[C@@H](OP(=O)(O)O)[C@H](OP(=O)(O)O)[C@H]1O. The second kappa shape index (κ2) is 9.81. The van der Waals surface area contributed by atoms with Gasteiger partial charge in [-0.15, -0.1) is 0 Å². The van der Waals surface area contributed by atoms with Gasteiger partial charge in [0.25, 0.3) is 0 Å². The molecule has 0 amide bonds. The molecule has 0 aromatic heterocycles. The molecular formula is C9H21O15P3. The van der Waals surface area contributed by atoms with Gasteiger partial charge in [-0.1, -0.05) is 0 Å². The Morgan fingerprint density at radius 2 is 1.33 bits per heavy atom. The molecule has 0 aliphatic carbocycles. The molecule has 1 aliphatic heterocycles. The molecule has 18 heteroatoms. The van der Waals surface area contributed by atoms with Crippen LogP contribution in [0, 0.1) is 0 Å². The first kappa shape index (κ1) is 25.2. The van der Waals surface area contributed by atoms with Crippen LogP contribution in [-0.2, 0) is 32.0 Å². The van der Waals surface area contributed by atoms with Crippen LogP contribution in [0.4, 0.5) is 0 Å². The van der Waals surface area contributed by atoms with E-state index in [4.69, 9.17) is 34.1 Å². The van der Waals surface area contributed by atoms with Crippen LogP contribution in [0.5, 0.6) is 0 Å². The number of hydrogen-bond acceptors (Lipinski definition) is 9. The van der Waals surface area contributed by atoms with E-state index in [1.54, 1.807) is 0 Å². The predicted molar refractivity (Wildman–Crippen MR) is 82.8 cm³/mol. The van der Waals surface area contributed by atoms with Gasteiger partial charge in [0.2, 0.25) is 0 Å². The summed E-state index contributed by atoms with van der Waals surface area (Å²) in [5, 5.41) is 19.6. The van der Waals surface area contributed by atoms with Crippen molar-refractivity contribution in [2.24, 2.45) is 0 Å². The number of phosphoric ester groups is 3. The third-order valence-electron chi connectivity index (χ3n) is 3.35. The van der Waals surface area contributed by atoms with E-state index < -0.39 is 67.2 Å². The second-order valence-corrected chi connectivity index (χ2v) is 9.10. The molecular weight excluding hydrogens is 441 g/mol. The lowest BCUT2D eigenvalue weighted by atomic mass is 9.93. The van der Waals surface area contributed by atoms with Gasteiger partial charge in [-0.25, -0.2) is 13.7 Å². The van der Waals surface area contributed by atoms with Crippen LogP contribution in [0.1, 0.15) is 12.8 Å². The average molecular weight is 462 g/mol. The van der Waals surface area contributed by atoms with Gasteiger partial charge in [-0.05, 0) is 12.8 Å². The molecule has 162 valence electrons. The molecule has 0 spiro atoms.